The van der Waals surface area contributed by atoms with Gasteiger partial charge in [-0.15, -0.1) is 11.3 Å². The number of para-hydroxylation sites is 1. The van der Waals surface area contributed by atoms with Crippen molar-refractivity contribution in [3.63, 3.8) is 0 Å². The van der Waals surface area contributed by atoms with E-state index in [0.717, 1.165) is 29.9 Å². The first-order valence-corrected chi connectivity index (χ1v) is 31.5. The maximum absolute atomic E-state index is 2.78. The van der Waals surface area contributed by atoms with Crippen molar-refractivity contribution in [2.24, 2.45) is 0 Å². The van der Waals surface area contributed by atoms with Crippen LogP contribution in [0.5, 0.6) is 0 Å². The summed E-state index contributed by atoms with van der Waals surface area (Å²) in [6.45, 7) is 43.9. The van der Waals surface area contributed by atoms with E-state index in [2.05, 4.69) is 284 Å². The lowest BCUT2D eigenvalue weighted by atomic mass is 9.36. The van der Waals surface area contributed by atoms with Crippen molar-refractivity contribution in [1.82, 2.24) is 0 Å². The second-order valence-electron chi connectivity index (χ2n) is 31.5. The van der Waals surface area contributed by atoms with Crippen LogP contribution < -0.4 is 30.4 Å². The molecular weight excluding hydrogens is 998 g/mol. The van der Waals surface area contributed by atoms with Gasteiger partial charge in [0, 0.05) is 54.7 Å². The van der Waals surface area contributed by atoms with Gasteiger partial charge in [-0.1, -0.05) is 179 Å². The highest BCUT2D eigenvalue weighted by atomic mass is 32.1. The van der Waals surface area contributed by atoms with E-state index >= 15 is 0 Å². The molecule has 5 heteroatoms. The third-order valence-corrected chi connectivity index (χ3v) is 22.1. The fourth-order valence-electron chi connectivity index (χ4n) is 15.2. The molecule has 8 aromatic rings. The van der Waals surface area contributed by atoms with Crippen LogP contribution >= 0.6 is 11.3 Å². The van der Waals surface area contributed by atoms with E-state index in [1.807, 2.05) is 0 Å². The van der Waals surface area contributed by atoms with Crippen LogP contribution in [0, 0.1) is 0 Å². The largest absolute Gasteiger partial charge is 0.311 e. The first-order chi connectivity index (χ1) is 37.9. The molecule has 3 nitrogen and oxygen atoms in total. The zero-order valence-corrected chi connectivity index (χ0v) is 53.1. The third kappa shape index (κ3) is 8.53. The molecule has 0 N–H and O–H groups in total. The number of hydrogen-bond acceptors (Lipinski definition) is 4. The Morgan fingerprint density at radius 2 is 0.852 bits per heavy atom. The van der Waals surface area contributed by atoms with Crippen molar-refractivity contribution >= 4 is 95.0 Å². The van der Waals surface area contributed by atoms with Crippen LogP contribution in [-0.4, -0.2) is 6.71 Å². The highest BCUT2D eigenvalue weighted by Crippen LogP contribution is 2.56. The standard InChI is InChI=1S/C76H88BN3S/c1-69(2,3)47-24-27-50(28-25-47)78(49-22-20-19-21-23-49)53-43-63-66-64(44-53)80(52-30-32-56-58(42-52)74(13,14)37-35-72(56,9)10)67-54-45-59-60(76(17,18)39-38-75(59,15)16)46-65(54)81-68(67)77(66)61-40-48(70(4,5)6)26-33-62(61)79(63)51-29-31-55-57(41-51)73(11,12)36-34-71(55,7)8/h19-33,40-46H,34-39H2,1-18H3. The molecule has 7 aromatic carbocycles. The minimum absolute atomic E-state index is 0.0171. The van der Waals surface area contributed by atoms with Crippen molar-refractivity contribution < 1.29 is 0 Å². The third-order valence-electron chi connectivity index (χ3n) is 20.9. The van der Waals surface area contributed by atoms with Gasteiger partial charge in [0.25, 0.3) is 6.71 Å². The second kappa shape index (κ2) is 17.7. The molecule has 81 heavy (non-hydrogen) atoms. The monoisotopic (exact) mass is 1090 g/mol. The zero-order chi connectivity index (χ0) is 57.5. The van der Waals surface area contributed by atoms with E-state index in [1.165, 1.54) is 130 Å². The van der Waals surface area contributed by atoms with Gasteiger partial charge in [-0.05, 0) is 216 Å². The minimum Gasteiger partial charge on any atom is -0.311 e. The molecule has 0 amide bonds. The topological polar surface area (TPSA) is 9.72 Å². The minimum atomic E-state index is -0.0589. The van der Waals surface area contributed by atoms with Gasteiger partial charge in [0.15, 0.2) is 0 Å². The lowest BCUT2D eigenvalue weighted by molar-refractivity contribution is 0.332. The van der Waals surface area contributed by atoms with Gasteiger partial charge >= 0.3 is 0 Å². The van der Waals surface area contributed by atoms with Crippen LogP contribution in [0.15, 0.2) is 133 Å². The van der Waals surface area contributed by atoms with Gasteiger partial charge in [-0.3, -0.25) is 0 Å². The van der Waals surface area contributed by atoms with Crippen molar-refractivity contribution in [2.75, 3.05) is 14.7 Å². The van der Waals surface area contributed by atoms with Gasteiger partial charge in [0.05, 0.1) is 11.4 Å². The first-order valence-electron chi connectivity index (χ1n) is 30.7. The molecule has 0 atom stereocenters. The maximum Gasteiger partial charge on any atom is 0.264 e. The predicted molar refractivity (Wildman–Crippen MR) is 354 cm³/mol. The Morgan fingerprint density at radius 1 is 0.407 bits per heavy atom. The Morgan fingerprint density at radius 3 is 1.37 bits per heavy atom. The van der Waals surface area contributed by atoms with Gasteiger partial charge < -0.3 is 14.7 Å². The average Bonchev–Trinajstić information content (AvgIpc) is 2.90. The lowest BCUT2D eigenvalue weighted by Crippen LogP contribution is -2.60. The normalized spacial score (nSPS) is 19.5. The van der Waals surface area contributed by atoms with Crippen molar-refractivity contribution in [1.29, 1.82) is 0 Å². The Hall–Kier alpha value is -6.04. The molecule has 2 aliphatic heterocycles. The fourth-order valence-corrected chi connectivity index (χ4v) is 16.6. The van der Waals surface area contributed by atoms with Gasteiger partial charge in [0.2, 0.25) is 0 Å². The number of rotatable bonds is 5. The molecule has 0 radical (unpaired) electrons. The predicted octanol–water partition coefficient (Wildman–Crippen LogP) is 20.1. The molecular formula is C76H88BN3S. The summed E-state index contributed by atoms with van der Waals surface area (Å²) in [5.74, 6) is 0. The smallest absolute Gasteiger partial charge is 0.264 e. The summed E-state index contributed by atoms with van der Waals surface area (Å²) in [5, 5.41) is 1.38. The van der Waals surface area contributed by atoms with E-state index in [-0.39, 0.29) is 50.0 Å². The van der Waals surface area contributed by atoms with Crippen LogP contribution in [0.4, 0.5) is 51.2 Å². The molecule has 416 valence electrons. The Kier molecular flexibility index (Phi) is 11.9. The molecule has 0 bridgehead atoms. The molecule has 0 unspecified atom stereocenters. The summed E-state index contributed by atoms with van der Waals surface area (Å²) in [6.07, 6.45) is 7.03. The first kappa shape index (κ1) is 54.2. The number of fused-ring (bicyclic) bond motifs is 9. The Bertz CT molecular complexity index is 3870. The Balaban J connectivity index is 1.20. The number of hydrogen-bond donors (Lipinski definition) is 0. The summed E-state index contributed by atoms with van der Waals surface area (Å²) in [7, 11) is 0. The van der Waals surface area contributed by atoms with Crippen LogP contribution in [0.3, 0.4) is 0 Å². The molecule has 0 saturated carbocycles. The number of thiophene rings is 1. The van der Waals surface area contributed by atoms with Crippen LogP contribution in [0.1, 0.15) is 208 Å². The highest BCUT2D eigenvalue weighted by molar-refractivity contribution is 7.33. The van der Waals surface area contributed by atoms with Gasteiger partial charge in [-0.25, -0.2) is 0 Å². The molecule has 0 saturated heterocycles. The molecule has 3 heterocycles. The molecule has 0 fully saturated rings. The number of nitrogens with zero attached hydrogens (tertiary/aromatic N) is 3. The zero-order valence-electron chi connectivity index (χ0n) is 52.3. The molecule has 13 rings (SSSR count). The quantitative estimate of drug-likeness (QED) is 0.159. The van der Waals surface area contributed by atoms with E-state index < -0.39 is 0 Å². The van der Waals surface area contributed by atoms with Crippen molar-refractivity contribution in [3.05, 3.63) is 178 Å². The van der Waals surface area contributed by atoms with Crippen LogP contribution in [0.25, 0.3) is 10.1 Å². The summed E-state index contributed by atoms with van der Waals surface area (Å²) in [4.78, 5) is 8.01. The average molecular weight is 1090 g/mol. The summed E-state index contributed by atoms with van der Waals surface area (Å²) >= 11 is 2.07. The summed E-state index contributed by atoms with van der Waals surface area (Å²) in [6, 6.07) is 53.9. The van der Waals surface area contributed by atoms with Crippen LogP contribution in [-0.2, 0) is 43.3 Å². The number of benzene rings is 7. The van der Waals surface area contributed by atoms with Gasteiger partial charge in [0.1, 0.15) is 0 Å². The summed E-state index contributed by atoms with van der Waals surface area (Å²) in [5.41, 5.74) is 25.8. The maximum atomic E-state index is 2.78. The lowest BCUT2D eigenvalue weighted by Gasteiger charge is -2.46. The highest BCUT2D eigenvalue weighted by Gasteiger charge is 2.49. The fraction of sp³-hybridized carbons (Fsp3) is 0.421. The van der Waals surface area contributed by atoms with Crippen molar-refractivity contribution in [3.8, 4) is 0 Å². The molecule has 0 spiro atoms. The summed E-state index contributed by atoms with van der Waals surface area (Å²) < 4.78 is 2.84. The molecule has 1 aromatic heterocycles. The number of anilines is 9. The second-order valence-corrected chi connectivity index (χ2v) is 32.5. The van der Waals surface area contributed by atoms with Crippen LogP contribution in [0.2, 0.25) is 0 Å². The van der Waals surface area contributed by atoms with Gasteiger partial charge in [-0.2, -0.15) is 0 Å². The molecule has 3 aliphatic carbocycles. The van der Waals surface area contributed by atoms with E-state index in [4.69, 9.17) is 0 Å². The van der Waals surface area contributed by atoms with E-state index in [0.29, 0.717) is 0 Å². The SMILES string of the molecule is CC(C)(C)c1ccc(N(c2ccccc2)c2cc3c4c(c2)N(c2ccc5c(c2)C(C)(C)CCC5(C)C)c2c(sc5cc6c(cc25)C(C)(C)CCC6(C)C)B4c2cc(C(C)(C)C)ccc2N3c2ccc3c(c2)C(C)(C)CCC3(C)C)cc1. The van der Waals surface area contributed by atoms with Crippen molar-refractivity contribution in [2.45, 2.75) is 206 Å². The van der Waals surface area contributed by atoms with E-state index in [1.54, 1.807) is 0 Å². The molecule has 5 aliphatic rings. The van der Waals surface area contributed by atoms with E-state index in [9.17, 15) is 0 Å². The Labute approximate surface area is 491 Å².